The molecule has 0 unspecified atom stereocenters. The molecule has 1 N–H and O–H groups in total. The molecule has 0 saturated heterocycles. The molecule has 0 bridgehead atoms. The van der Waals surface area contributed by atoms with Crippen molar-refractivity contribution in [2.45, 2.75) is 17.5 Å². The van der Waals surface area contributed by atoms with Crippen molar-refractivity contribution < 1.29 is 14.3 Å². The molecule has 0 aliphatic heterocycles. The third-order valence-corrected chi connectivity index (χ3v) is 0.458. The molecule has 0 spiro atoms. The number of aliphatic carboxylic acids is 1. The van der Waals surface area contributed by atoms with Crippen LogP contribution in [0.25, 0.3) is 0 Å². The zero-order valence-corrected chi connectivity index (χ0v) is 8.52. The van der Waals surface area contributed by atoms with Crippen molar-refractivity contribution in [3.63, 3.8) is 0 Å². The molecule has 0 aliphatic carbocycles. The number of allylic oxidation sites excluding steroid dienone is 1. The third-order valence-electron chi connectivity index (χ3n) is 0.458. The molecular weight excluding hydrogens is 146 g/mol. The van der Waals surface area contributed by atoms with E-state index in [1.165, 1.54) is 38.5 Å². The number of hydrogen-bond acceptors (Lipinski definition) is 1. The van der Waals surface area contributed by atoms with E-state index in [1.807, 2.05) is 0 Å². The van der Waals surface area contributed by atoms with Crippen LogP contribution in [-0.4, -0.2) is 39.0 Å². The summed E-state index contributed by atoms with van der Waals surface area (Å²) in [5.74, 6) is -2.62. The monoisotopic (exact) mass is 156 g/mol. The van der Waals surface area contributed by atoms with Gasteiger partial charge in [0.15, 0.2) is 0 Å². The van der Waals surface area contributed by atoms with E-state index in [1.54, 1.807) is 0 Å². The zero-order chi connectivity index (χ0) is 8.57. The van der Waals surface area contributed by atoms with Crippen LogP contribution in [0.5, 0.6) is 0 Å². The van der Waals surface area contributed by atoms with Crippen LogP contribution in [0.2, 0.25) is 3.67 Å². The van der Waals surface area contributed by atoms with Gasteiger partial charge in [-0.1, -0.05) is 0 Å². The van der Waals surface area contributed by atoms with Gasteiger partial charge in [-0.05, 0) is 13.0 Å². The van der Waals surface area contributed by atoms with Crippen LogP contribution < -0.4 is 0 Å². The normalized spacial score (nSPS) is 9.90. The fraction of sp³-hybridized carbons (Fsp3) is 0.500. The molecule has 0 fully saturated rings. The number of carbonyl (C=O) groups is 1. The summed E-state index contributed by atoms with van der Waals surface area (Å²) in [4.78, 5) is 9.49. The summed E-state index contributed by atoms with van der Waals surface area (Å²) in [6.07, 6.45) is 0.891. The van der Waals surface area contributed by atoms with Crippen LogP contribution in [0.15, 0.2) is 11.9 Å². The first kappa shape index (κ1) is 12.8. The van der Waals surface area contributed by atoms with Gasteiger partial charge in [-0.15, -0.1) is 0 Å². The molecule has 4 heteroatoms. The van der Waals surface area contributed by atoms with Crippen LogP contribution >= 0.6 is 0 Å². The molecule has 0 saturated carbocycles. The second-order valence-corrected chi connectivity index (χ2v) is 3.06. The Morgan fingerprint density at radius 3 is 2.10 bits per heavy atom. The Labute approximate surface area is 77.5 Å². The summed E-state index contributed by atoms with van der Waals surface area (Å²) in [5.41, 5.74) is 0. The van der Waals surface area contributed by atoms with E-state index < -0.39 is 11.8 Å². The molecule has 0 heterocycles. The topological polar surface area (TPSA) is 37.3 Å². The number of rotatable bonds is 1. The van der Waals surface area contributed by atoms with Crippen molar-refractivity contribution in [3.8, 4) is 0 Å². The van der Waals surface area contributed by atoms with Gasteiger partial charge >= 0.3 is 44.5 Å². The molecule has 0 amide bonds. The van der Waals surface area contributed by atoms with E-state index in [0.29, 0.717) is 0 Å². The fourth-order valence-electron chi connectivity index (χ4n) is 0.123. The number of carboxylic acids is 1. The minimum absolute atomic E-state index is 0.891. The first-order valence-electron chi connectivity index (χ1n) is 3.15. The zero-order valence-electron chi connectivity index (χ0n) is 6.52. The summed E-state index contributed by atoms with van der Waals surface area (Å²) in [7, 11) is 0. The molecular formula is C6H10FNaO2. The molecule has 0 atom stereocenters. The van der Waals surface area contributed by atoms with Gasteiger partial charge in [0, 0.05) is 0 Å². The first-order valence-corrected chi connectivity index (χ1v) is 4.56. The summed E-state index contributed by atoms with van der Waals surface area (Å²) in [6.45, 7) is 3.51. The maximum absolute atomic E-state index is 11.5. The van der Waals surface area contributed by atoms with Crippen LogP contribution in [0.4, 0.5) is 4.39 Å². The Kier molecular flexibility index (Phi) is 11.7. The molecule has 0 aromatic rings. The molecule has 0 aliphatic rings. The van der Waals surface area contributed by atoms with Crippen molar-refractivity contribution in [2.75, 3.05) is 0 Å². The molecule has 54 valence electrons. The van der Waals surface area contributed by atoms with Gasteiger partial charge in [-0.3, -0.25) is 0 Å². The van der Waals surface area contributed by atoms with Crippen LogP contribution in [-0.2, 0) is 4.79 Å². The summed E-state index contributed by atoms with van der Waals surface area (Å²) < 4.78 is 12.9. The van der Waals surface area contributed by atoms with Crippen LogP contribution in [0.3, 0.4) is 0 Å². The average molecular weight is 156 g/mol. The van der Waals surface area contributed by atoms with Gasteiger partial charge in [-0.2, -0.15) is 4.39 Å². The predicted molar refractivity (Wildman–Crippen MR) is 38.7 cm³/mol. The summed E-state index contributed by atoms with van der Waals surface area (Å²) in [6, 6.07) is 0. The third kappa shape index (κ3) is 11.0. The van der Waals surface area contributed by atoms with Crippen molar-refractivity contribution in [1.29, 1.82) is 0 Å². The quantitative estimate of drug-likeness (QED) is 0.461. The van der Waals surface area contributed by atoms with Crippen LogP contribution in [0, 0.1) is 0 Å². The molecule has 10 heavy (non-hydrogen) atoms. The van der Waals surface area contributed by atoms with Crippen molar-refractivity contribution in [2.24, 2.45) is 0 Å². The minimum atomic E-state index is -1.51. The van der Waals surface area contributed by atoms with Crippen molar-refractivity contribution >= 4 is 33.9 Å². The Morgan fingerprint density at radius 1 is 1.80 bits per heavy atom. The van der Waals surface area contributed by atoms with E-state index in [0.717, 1.165) is 6.08 Å². The van der Waals surface area contributed by atoms with Crippen molar-refractivity contribution in [3.05, 3.63) is 11.9 Å². The average Bonchev–Trinajstić information content (AvgIpc) is 1.88. The van der Waals surface area contributed by atoms with Gasteiger partial charge in [0.25, 0.3) is 0 Å². The maximum atomic E-state index is 11.5. The van der Waals surface area contributed by atoms with Gasteiger partial charge < -0.3 is 5.11 Å². The Hall–Kier alpha value is 0.140. The SMILES string of the molecule is CC=C(F)C(=O)O.C[CH2][Na]. The van der Waals surface area contributed by atoms with Gasteiger partial charge in [0.1, 0.15) is 0 Å². The van der Waals surface area contributed by atoms with Gasteiger partial charge in [0.2, 0.25) is 5.83 Å². The standard InChI is InChI=1S/C4H5FO2.C2H5.Na/c1-2-3(5)4(6)7;1-2;/h2H,1H3,(H,6,7);1H2,2H3;. The van der Waals surface area contributed by atoms with E-state index in [-0.39, 0.29) is 0 Å². The van der Waals surface area contributed by atoms with Crippen molar-refractivity contribution in [1.82, 2.24) is 0 Å². The van der Waals surface area contributed by atoms with Gasteiger partial charge in [0.05, 0.1) is 0 Å². The first-order chi connectivity index (χ1) is 4.59. The van der Waals surface area contributed by atoms with E-state index >= 15 is 0 Å². The van der Waals surface area contributed by atoms with E-state index in [4.69, 9.17) is 5.11 Å². The fourth-order valence-corrected chi connectivity index (χ4v) is 0.123. The predicted octanol–water partition coefficient (Wildman–Crippen LogP) is 1.54. The Morgan fingerprint density at radius 2 is 2.10 bits per heavy atom. The summed E-state index contributed by atoms with van der Waals surface area (Å²) >= 11 is 1.37. The molecule has 0 aromatic heterocycles. The number of hydrogen-bond donors (Lipinski definition) is 1. The number of halogens is 1. The van der Waals surface area contributed by atoms with E-state index in [2.05, 4.69) is 6.92 Å². The Bertz CT molecular complexity index is 123. The molecule has 2 nitrogen and oxygen atoms in total. The van der Waals surface area contributed by atoms with Crippen LogP contribution in [0.1, 0.15) is 13.8 Å². The second kappa shape index (κ2) is 9.14. The molecule has 0 rings (SSSR count). The second-order valence-electron chi connectivity index (χ2n) is 1.65. The molecule has 0 aromatic carbocycles. The number of carboxylic acid groups (broad SMARTS) is 1. The van der Waals surface area contributed by atoms with Gasteiger partial charge in [-0.25, -0.2) is 4.79 Å². The van der Waals surface area contributed by atoms with E-state index in [9.17, 15) is 9.18 Å². The Balaban J connectivity index is 0. The summed E-state index contributed by atoms with van der Waals surface area (Å²) in [5, 5.41) is 7.74. The molecule has 0 radical (unpaired) electrons.